The Morgan fingerprint density at radius 2 is 1.81 bits per heavy atom. The molecule has 0 saturated heterocycles. The van der Waals surface area contributed by atoms with E-state index >= 15 is 0 Å². The average Bonchev–Trinajstić information content (AvgIpc) is 2.66. The van der Waals surface area contributed by atoms with Crippen molar-refractivity contribution in [2.45, 2.75) is 64.3 Å². The van der Waals surface area contributed by atoms with Crippen LogP contribution in [0.5, 0.6) is 5.75 Å². The summed E-state index contributed by atoms with van der Waals surface area (Å²) in [6.45, 7) is 6.58. The number of hydrogen-bond donors (Lipinski definition) is 1. The maximum atomic E-state index is 12.4. The van der Waals surface area contributed by atoms with Gasteiger partial charge in [-0.05, 0) is 67.2 Å². The summed E-state index contributed by atoms with van der Waals surface area (Å²) in [5.41, 5.74) is 3.96. The van der Waals surface area contributed by atoms with E-state index in [-0.39, 0.29) is 24.0 Å². The zero-order valence-corrected chi connectivity index (χ0v) is 16.8. The first-order chi connectivity index (χ1) is 13.0. The molecule has 0 unspecified atom stereocenters. The summed E-state index contributed by atoms with van der Waals surface area (Å²) in [4.78, 5) is 12.4. The number of benzene rings is 2. The van der Waals surface area contributed by atoms with Crippen molar-refractivity contribution < 1.29 is 9.53 Å². The molecular formula is C24H31NO2. The van der Waals surface area contributed by atoms with E-state index in [1.165, 1.54) is 29.5 Å². The van der Waals surface area contributed by atoms with Gasteiger partial charge in [0.05, 0.1) is 0 Å². The van der Waals surface area contributed by atoms with Crippen LogP contribution >= 0.6 is 0 Å². The van der Waals surface area contributed by atoms with Crippen molar-refractivity contribution in [3.05, 3.63) is 65.2 Å². The molecule has 3 heteroatoms. The summed E-state index contributed by atoms with van der Waals surface area (Å²) >= 11 is 0. The Kier molecular flexibility index (Phi) is 6.20. The highest BCUT2D eigenvalue weighted by molar-refractivity contribution is 5.77. The van der Waals surface area contributed by atoms with Gasteiger partial charge in [0.1, 0.15) is 5.75 Å². The molecule has 0 aromatic heterocycles. The number of aryl methyl sites for hydroxylation is 1. The Labute approximate surface area is 163 Å². The highest BCUT2D eigenvalue weighted by atomic mass is 16.5. The van der Waals surface area contributed by atoms with Crippen molar-refractivity contribution in [2.24, 2.45) is 0 Å². The van der Waals surface area contributed by atoms with Crippen LogP contribution in [0.25, 0.3) is 0 Å². The van der Waals surface area contributed by atoms with Crippen molar-refractivity contribution in [2.75, 3.05) is 6.61 Å². The van der Waals surface area contributed by atoms with Gasteiger partial charge in [0.2, 0.25) is 0 Å². The molecule has 1 atom stereocenters. The Hall–Kier alpha value is -2.29. The molecule has 1 N–H and O–H groups in total. The number of amides is 1. The third-order valence-electron chi connectivity index (χ3n) is 5.49. The van der Waals surface area contributed by atoms with Gasteiger partial charge in [-0.15, -0.1) is 0 Å². The maximum Gasteiger partial charge on any atom is 0.258 e. The molecule has 0 heterocycles. The number of rotatable bonds is 7. The van der Waals surface area contributed by atoms with Crippen LogP contribution in [0.2, 0.25) is 0 Å². The SMILES string of the molecule is C[C@@H](CC(C)(C)c1ccccc1)NC(=O)COc1cccc2c1CCCC2. The molecule has 0 saturated carbocycles. The van der Waals surface area contributed by atoms with Crippen LogP contribution in [0.15, 0.2) is 48.5 Å². The topological polar surface area (TPSA) is 38.3 Å². The van der Waals surface area contributed by atoms with Crippen LogP contribution in [-0.2, 0) is 23.1 Å². The molecule has 0 radical (unpaired) electrons. The van der Waals surface area contributed by atoms with E-state index in [0.29, 0.717) is 0 Å². The summed E-state index contributed by atoms with van der Waals surface area (Å²) < 4.78 is 5.87. The third kappa shape index (κ3) is 5.12. The highest BCUT2D eigenvalue weighted by Gasteiger charge is 2.24. The summed E-state index contributed by atoms with van der Waals surface area (Å²) in [6.07, 6.45) is 5.49. The van der Waals surface area contributed by atoms with Gasteiger partial charge in [-0.1, -0.05) is 56.3 Å². The predicted molar refractivity (Wildman–Crippen MR) is 110 cm³/mol. The minimum absolute atomic E-state index is 0.00726. The van der Waals surface area contributed by atoms with Gasteiger partial charge in [-0.3, -0.25) is 4.79 Å². The molecule has 0 aliphatic heterocycles. The summed E-state index contributed by atoms with van der Waals surface area (Å²) in [5, 5.41) is 3.09. The van der Waals surface area contributed by atoms with E-state index in [1.807, 2.05) is 18.2 Å². The number of fused-ring (bicyclic) bond motifs is 1. The number of carbonyl (C=O) groups excluding carboxylic acids is 1. The molecule has 3 nitrogen and oxygen atoms in total. The molecule has 144 valence electrons. The van der Waals surface area contributed by atoms with E-state index in [2.05, 4.69) is 56.4 Å². The standard InChI is InChI=1S/C24H31NO2/c1-18(16-24(2,3)20-12-5-4-6-13-20)25-23(26)17-27-22-15-9-11-19-10-7-8-14-21(19)22/h4-6,9,11-13,15,18H,7-8,10,14,16-17H2,1-3H3,(H,25,26)/t18-/m0/s1. The second kappa shape index (κ2) is 8.60. The number of nitrogens with one attached hydrogen (secondary N) is 1. The largest absolute Gasteiger partial charge is 0.483 e. The third-order valence-corrected chi connectivity index (χ3v) is 5.49. The van der Waals surface area contributed by atoms with E-state index in [0.717, 1.165) is 25.0 Å². The van der Waals surface area contributed by atoms with Gasteiger partial charge >= 0.3 is 0 Å². The maximum absolute atomic E-state index is 12.4. The van der Waals surface area contributed by atoms with E-state index in [9.17, 15) is 4.79 Å². The predicted octanol–water partition coefficient (Wildman–Crippen LogP) is 4.82. The summed E-state index contributed by atoms with van der Waals surface area (Å²) in [5.74, 6) is 0.819. The quantitative estimate of drug-likeness (QED) is 0.764. The van der Waals surface area contributed by atoms with Gasteiger partial charge in [0, 0.05) is 6.04 Å². The molecule has 0 spiro atoms. The Morgan fingerprint density at radius 1 is 1.07 bits per heavy atom. The van der Waals surface area contributed by atoms with Crippen molar-refractivity contribution in [1.82, 2.24) is 5.32 Å². The smallest absolute Gasteiger partial charge is 0.258 e. The van der Waals surface area contributed by atoms with Gasteiger partial charge in [0.15, 0.2) is 6.61 Å². The first-order valence-corrected chi connectivity index (χ1v) is 10.0. The van der Waals surface area contributed by atoms with Gasteiger partial charge in [0.25, 0.3) is 5.91 Å². The first-order valence-electron chi connectivity index (χ1n) is 10.0. The molecule has 0 bridgehead atoms. The van der Waals surface area contributed by atoms with Gasteiger partial charge in [-0.25, -0.2) is 0 Å². The fourth-order valence-electron chi connectivity index (χ4n) is 4.16. The van der Waals surface area contributed by atoms with Crippen LogP contribution in [-0.4, -0.2) is 18.6 Å². The lowest BCUT2D eigenvalue weighted by molar-refractivity contribution is -0.123. The molecule has 27 heavy (non-hydrogen) atoms. The lowest BCUT2D eigenvalue weighted by Crippen LogP contribution is -2.39. The molecule has 0 fully saturated rings. The molecule has 3 rings (SSSR count). The zero-order chi connectivity index (χ0) is 19.3. The van der Waals surface area contributed by atoms with Gasteiger partial charge < -0.3 is 10.1 Å². The number of ether oxygens (including phenoxy) is 1. The molecule has 2 aromatic carbocycles. The van der Waals surface area contributed by atoms with Crippen molar-refractivity contribution in [3.63, 3.8) is 0 Å². The van der Waals surface area contributed by atoms with E-state index in [1.54, 1.807) is 0 Å². The van der Waals surface area contributed by atoms with Crippen LogP contribution in [0.4, 0.5) is 0 Å². The summed E-state index contributed by atoms with van der Waals surface area (Å²) in [7, 11) is 0. The first kappa shape index (κ1) is 19.5. The van der Waals surface area contributed by atoms with Gasteiger partial charge in [-0.2, -0.15) is 0 Å². The zero-order valence-electron chi connectivity index (χ0n) is 16.8. The number of carbonyl (C=O) groups is 1. The Morgan fingerprint density at radius 3 is 2.59 bits per heavy atom. The van der Waals surface area contributed by atoms with Crippen molar-refractivity contribution in [1.29, 1.82) is 0 Å². The fourth-order valence-corrected chi connectivity index (χ4v) is 4.16. The molecule has 1 aliphatic rings. The molecule has 2 aromatic rings. The minimum Gasteiger partial charge on any atom is -0.483 e. The van der Waals surface area contributed by atoms with Crippen LogP contribution in [0.3, 0.4) is 0 Å². The van der Waals surface area contributed by atoms with Crippen LogP contribution < -0.4 is 10.1 Å². The Bertz CT molecular complexity index is 767. The second-order valence-corrected chi connectivity index (χ2v) is 8.31. The van der Waals surface area contributed by atoms with Crippen molar-refractivity contribution >= 4 is 5.91 Å². The summed E-state index contributed by atoms with van der Waals surface area (Å²) in [6, 6.07) is 16.7. The fraction of sp³-hybridized carbons (Fsp3) is 0.458. The lowest BCUT2D eigenvalue weighted by atomic mass is 9.79. The lowest BCUT2D eigenvalue weighted by Gasteiger charge is -2.29. The monoisotopic (exact) mass is 365 g/mol. The molecular weight excluding hydrogens is 334 g/mol. The average molecular weight is 366 g/mol. The molecule has 1 amide bonds. The van der Waals surface area contributed by atoms with E-state index in [4.69, 9.17) is 4.74 Å². The van der Waals surface area contributed by atoms with Crippen molar-refractivity contribution in [3.8, 4) is 5.75 Å². The molecule has 1 aliphatic carbocycles. The second-order valence-electron chi connectivity index (χ2n) is 8.31. The normalized spacial score (nSPS) is 14.9. The van der Waals surface area contributed by atoms with Crippen LogP contribution in [0.1, 0.15) is 56.7 Å². The van der Waals surface area contributed by atoms with Crippen LogP contribution in [0, 0.1) is 0 Å². The number of hydrogen-bond acceptors (Lipinski definition) is 2. The minimum atomic E-state index is -0.0558. The van der Waals surface area contributed by atoms with E-state index < -0.39 is 0 Å². The highest BCUT2D eigenvalue weighted by Crippen LogP contribution is 2.30. The Balaban J connectivity index is 1.52.